The number of carbonyl (C=O) groups is 1. The Morgan fingerprint density at radius 3 is 3.09 bits per heavy atom. The van der Waals surface area contributed by atoms with E-state index in [4.69, 9.17) is 5.73 Å². The molecular formula is C17H23N3OS. The van der Waals surface area contributed by atoms with E-state index >= 15 is 0 Å². The molecular weight excluding hydrogens is 294 g/mol. The fourth-order valence-electron chi connectivity index (χ4n) is 3.26. The van der Waals surface area contributed by atoms with Crippen LogP contribution in [-0.2, 0) is 4.79 Å². The molecule has 3 aliphatic rings. The van der Waals surface area contributed by atoms with Crippen LogP contribution in [0.4, 0.5) is 0 Å². The standard InChI is InChI=1S/C17H23N3OS/c1-17(8-11-22-16(18)19-17)14-7-5-6-13(12-14)15(21)20-9-3-2-4-10-20/h2-3,5-7,14H,4,8-12H2,1H3,(H2,18,19). The molecule has 1 aliphatic carbocycles. The van der Waals surface area contributed by atoms with Gasteiger partial charge in [0.1, 0.15) is 0 Å². The molecule has 5 heteroatoms. The molecule has 0 bridgehead atoms. The summed E-state index contributed by atoms with van der Waals surface area (Å²) in [4.78, 5) is 19.3. The number of hydrogen-bond donors (Lipinski definition) is 1. The van der Waals surface area contributed by atoms with Gasteiger partial charge in [0.25, 0.3) is 0 Å². The lowest BCUT2D eigenvalue weighted by molar-refractivity contribution is -0.127. The molecule has 0 aromatic carbocycles. The molecule has 2 atom stereocenters. The topological polar surface area (TPSA) is 58.7 Å². The Balaban J connectivity index is 1.73. The Morgan fingerprint density at radius 2 is 2.36 bits per heavy atom. The molecule has 118 valence electrons. The minimum absolute atomic E-state index is 0.171. The van der Waals surface area contributed by atoms with Gasteiger partial charge >= 0.3 is 0 Å². The van der Waals surface area contributed by atoms with Crippen molar-refractivity contribution in [2.75, 3.05) is 18.8 Å². The van der Waals surface area contributed by atoms with E-state index in [2.05, 4.69) is 30.1 Å². The van der Waals surface area contributed by atoms with E-state index in [1.54, 1.807) is 11.8 Å². The molecule has 2 unspecified atom stereocenters. The summed E-state index contributed by atoms with van der Waals surface area (Å²) in [5.41, 5.74) is 6.63. The Bertz CT molecular complexity index is 578. The van der Waals surface area contributed by atoms with Crippen LogP contribution in [0.25, 0.3) is 0 Å². The van der Waals surface area contributed by atoms with Crippen LogP contribution >= 0.6 is 11.8 Å². The summed E-state index contributed by atoms with van der Waals surface area (Å²) in [6.07, 6.45) is 13.1. The number of hydrogen-bond acceptors (Lipinski definition) is 4. The molecule has 2 aliphatic heterocycles. The van der Waals surface area contributed by atoms with Crippen LogP contribution in [0.15, 0.2) is 40.9 Å². The third kappa shape index (κ3) is 3.14. The second-order valence-electron chi connectivity index (χ2n) is 6.30. The van der Waals surface area contributed by atoms with E-state index in [-0.39, 0.29) is 17.4 Å². The quantitative estimate of drug-likeness (QED) is 0.796. The Morgan fingerprint density at radius 1 is 1.50 bits per heavy atom. The molecule has 0 radical (unpaired) electrons. The van der Waals surface area contributed by atoms with E-state index in [9.17, 15) is 4.79 Å². The molecule has 0 fully saturated rings. The fraction of sp³-hybridized carbons (Fsp3) is 0.529. The number of nitrogens with zero attached hydrogens (tertiary/aromatic N) is 2. The molecule has 0 spiro atoms. The average Bonchev–Trinajstić information content (AvgIpc) is 2.55. The normalized spacial score (nSPS) is 31.7. The van der Waals surface area contributed by atoms with Crippen LogP contribution in [-0.4, -0.2) is 40.4 Å². The number of amides is 1. The van der Waals surface area contributed by atoms with Gasteiger partial charge in [0.2, 0.25) is 5.91 Å². The van der Waals surface area contributed by atoms with Gasteiger partial charge in [-0.05, 0) is 26.2 Å². The highest BCUT2D eigenvalue weighted by Crippen LogP contribution is 2.38. The van der Waals surface area contributed by atoms with Crippen molar-refractivity contribution < 1.29 is 4.79 Å². The third-order valence-electron chi connectivity index (χ3n) is 4.72. The minimum atomic E-state index is -0.187. The maximum atomic E-state index is 12.7. The lowest BCUT2D eigenvalue weighted by Gasteiger charge is -2.37. The predicted molar refractivity (Wildman–Crippen MR) is 92.8 cm³/mol. The van der Waals surface area contributed by atoms with Crippen LogP contribution in [0.3, 0.4) is 0 Å². The summed E-state index contributed by atoms with van der Waals surface area (Å²) in [6.45, 7) is 3.70. The number of nitrogens with two attached hydrogens (primary N) is 1. The maximum absolute atomic E-state index is 12.7. The first-order chi connectivity index (χ1) is 10.6. The predicted octanol–water partition coefficient (Wildman–Crippen LogP) is 2.49. The van der Waals surface area contributed by atoms with Gasteiger partial charge in [0, 0.05) is 30.3 Å². The van der Waals surface area contributed by atoms with Crippen molar-refractivity contribution in [3.05, 3.63) is 36.0 Å². The summed E-state index contributed by atoms with van der Waals surface area (Å²) in [5, 5.41) is 0.672. The summed E-state index contributed by atoms with van der Waals surface area (Å²) in [5.74, 6) is 1.42. The highest BCUT2D eigenvalue weighted by molar-refractivity contribution is 8.13. The Kier molecular flexibility index (Phi) is 4.43. The van der Waals surface area contributed by atoms with Gasteiger partial charge < -0.3 is 10.6 Å². The summed E-state index contributed by atoms with van der Waals surface area (Å²) >= 11 is 1.62. The molecule has 2 N–H and O–H groups in total. The van der Waals surface area contributed by atoms with Crippen molar-refractivity contribution in [3.63, 3.8) is 0 Å². The molecule has 0 aromatic heterocycles. The first kappa shape index (κ1) is 15.4. The van der Waals surface area contributed by atoms with Gasteiger partial charge in [-0.2, -0.15) is 0 Å². The SMILES string of the molecule is CC1(C2C=CC=C(C(=O)N3CC=CCC3)C2)CCSC(N)=N1. The van der Waals surface area contributed by atoms with Crippen molar-refractivity contribution in [1.82, 2.24) is 4.90 Å². The smallest absolute Gasteiger partial charge is 0.250 e. The van der Waals surface area contributed by atoms with Crippen LogP contribution in [0.5, 0.6) is 0 Å². The van der Waals surface area contributed by atoms with Gasteiger partial charge in [-0.3, -0.25) is 9.79 Å². The van der Waals surface area contributed by atoms with E-state index in [0.29, 0.717) is 5.17 Å². The van der Waals surface area contributed by atoms with Crippen LogP contribution in [0.2, 0.25) is 0 Å². The molecule has 2 heterocycles. The van der Waals surface area contributed by atoms with E-state index in [1.165, 1.54) is 0 Å². The van der Waals surface area contributed by atoms with Crippen molar-refractivity contribution in [1.29, 1.82) is 0 Å². The Hall–Kier alpha value is -1.49. The Labute approximate surface area is 136 Å². The van der Waals surface area contributed by atoms with Crippen molar-refractivity contribution >= 4 is 22.8 Å². The highest BCUT2D eigenvalue weighted by atomic mass is 32.2. The zero-order valence-corrected chi connectivity index (χ0v) is 13.8. The zero-order chi connectivity index (χ0) is 15.6. The van der Waals surface area contributed by atoms with E-state index in [0.717, 1.165) is 43.7 Å². The van der Waals surface area contributed by atoms with E-state index in [1.807, 2.05) is 17.1 Å². The second-order valence-corrected chi connectivity index (χ2v) is 7.42. The largest absolute Gasteiger partial charge is 0.379 e. The summed E-state index contributed by atoms with van der Waals surface area (Å²) in [7, 11) is 0. The molecule has 3 rings (SSSR count). The molecule has 1 amide bonds. The monoisotopic (exact) mass is 317 g/mol. The second kappa shape index (κ2) is 6.32. The number of rotatable bonds is 2. The summed E-state index contributed by atoms with van der Waals surface area (Å²) < 4.78 is 0. The third-order valence-corrected chi connectivity index (χ3v) is 5.52. The van der Waals surface area contributed by atoms with Crippen LogP contribution in [0, 0.1) is 5.92 Å². The first-order valence-corrected chi connectivity index (χ1v) is 8.87. The number of thioether (sulfide) groups is 1. The number of amidine groups is 1. The van der Waals surface area contributed by atoms with Gasteiger partial charge in [-0.15, -0.1) is 0 Å². The molecule has 22 heavy (non-hydrogen) atoms. The lowest BCUT2D eigenvalue weighted by Crippen LogP contribution is -2.40. The van der Waals surface area contributed by atoms with Crippen molar-refractivity contribution in [2.45, 2.75) is 31.7 Å². The highest BCUT2D eigenvalue weighted by Gasteiger charge is 2.37. The molecule has 0 aromatic rings. The number of aliphatic imine (C=N–C) groups is 1. The first-order valence-electron chi connectivity index (χ1n) is 7.88. The zero-order valence-electron chi connectivity index (χ0n) is 13.0. The number of allylic oxidation sites excluding steroid dienone is 2. The fourth-order valence-corrected chi connectivity index (χ4v) is 4.26. The van der Waals surface area contributed by atoms with Crippen molar-refractivity contribution in [3.8, 4) is 0 Å². The maximum Gasteiger partial charge on any atom is 0.250 e. The molecule has 4 nitrogen and oxygen atoms in total. The van der Waals surface area contributed by atoms with Gasteiger partial charge in [0.05, 0.1) is 5.54 Å². The van der Waals surface area contributed by atoms with Crippen LogP contribution < -0.4 is 5.73 Å². The van der Waals surface area contributed by atoms with Crippen molar-refractivity contribution in [2.24, 2.45) is 16.6 Å². The molecule has 0 saturated carbocycles. The average molecular weight is 317 g/mol. The van der Waals surface area contributed by atoms with Gasteiger partial charge in [0.15, 0.2) is 5.17 Å². The molecule has 0 saturated heterocycles. The van der Waals surface area contributed by atoms with Gasteiger partial charge in [-0.25, -0.2) is 0 Å². The minimum Gasteiger partial charge on any atom is -0.379 e. The lowest BCUT2D eigenvalue weighted by atomic mass is 9.77. The van der Waals surface area contributed by atoms with E-state index < -0.39 is 0 Å². The number of carbonyl (C=O) groups excluding carboxylic acids is 1. The van der Waals surface area contributed by atoms with Crippen LogP contribution in [0.1, 0.15) is 26.2 Å². The summed E-state index contributed by atoms with van der Waals surface area (Å²) in [6, 6.07) is 0. The van der Waals surface area contributed by atoms with Gasteiger partial charge in [-0.1, -0.05) is 42.1 Å².